The molecule has 21 heavy (non-hydrogen) atoms. The highest BCUT2D eigenvalue weighted by atomic mass is 32.2. The van der Waals surface area contributed by atoms with Crippen molar-refractivity contribution in [2.24, 2.45) is 5.73 Å². The lowest BCUT2D eigenvalue weighted by molar-refractivity contribution is 0.307. The Morgan fingerprint density at radius 3 is 2.57 bits per heavy atom. The van der Waals surface area contributed by atoms with Crippen molar-refractivity contribution in [2.75, 3.05) is 12.4 Å². The van der Waals surface area contributed by atoms with Crippen LogP contribution in [0, 0.1) is 0 Å². The molecule has 0 aliphatic carbocycles. The second-order valence-electron chi connectivity index (χ2n) is 4.81. The van der Waals surface area contributed by atoms with Gasteiger partial charge >= 0.3 is 0 Å². The van der Waals surface area contributed by atoms with Crippen molar-refractivity contribution >= 4 is 11.8 Å². The predicted octanol–water partition coefficient (Wildman–Crippen LogP) is 4.27. The Morgan fingerprint density at radius 2 is 1.86 bits per heavy atom. The third-order valence-corrected chi connectivity index (χ3v) is 4.29. The molecule has 0 spiro atoms. The predicted molar refractivity (Wildman–Crippen MR) is 91.0 cm³/mol. The van der Waals surface area contributed by atoms with Gasteiger partial charge in [0.25, 0.3) is 0 Å². The van der Waals surface area contributed by atoms with Crippen LogP contribution in [0.25, 0.3) is 0 Å². The lowest BCUT2D eigenvalue weighted by atomic mass is 10.1. The molecule has 0 bridgehead atoms. The maximum absolute atomic E-state index is 5.94. The quantitative estimate of drug-likeness (QED) is 0.584. The van der Waals surface area contributed by atoms with E-state index in [1.807, 2.05) is 30.0 Å². The number of ether oxygens (including phenoxy) is 1. The zero-order valence-corrected chi connectivity index (χ0v) is 13.4. The van der Waals surface area contributed by atoms with Gasteiger partial charge in [-0.15, -0.1) is 11.8 Å². The fourth-order valence-corrected chi connectivity index (χ4v) is 3.12. The van der Waals surface area contributed by atoms with Gasteiger partial charge in [0.15, 0.2) is 0 Å². The van der Waals surface area contributed by atoms with Crippen LogP contribution in [-0.4, -0.2) is 12.4 Å². The van der Waals surface area contributed by atoms with Crippen molar-refractivity contribution in [3.05, 3.63) is 59.7 Å². The van der Waals surface area contributed by atoms with E-state index in [0.29, 0.717) is 6.54 Å². The number of hydrogen-bond donors (Lipinski definition) is 1. The average Bonchev–Trinajstić information content (AvgIpc) is 2.53. The fourth-order valence-electron chi connectivity index (χ4n) is 2.28. The molecule has 3 heteroatoms. The van der Waals surface area contributed by atoms with Crippen molar-refractivity contribution in [3.8, 4) is 5.75 Å². The molecule has 2 rings (SSSR count). The molecular weight excluding hydrogens is 278 g/mol. The first-order valence-electron chi connectivity index (χ1n) is 7.46. The first-order valence-corrected chi connectivity index (χ1v) is 8.45. The first kappa shape index (κ1) is 15.9. The summed E-state index contributed by atoms with van der Waals surface area (Å²) in [5.41, 5.74) is 8.37. The van der Waals surface area contributed by atoms with E-state index in [9.17, 15) is 0 Å². The van der Waals surface area contributed by atoms with E-state index in [-0.39, 0.29) is 0 Å². The Labute approximate surface area is 131 Å². The van der Waals surface area contributed by atoms with Gasteiger partial charge in [-0.1, -0.05) is 43.3 Å². The largest absolute Gasteiger partial charge is 0.493 e. The van der Waals surface area contributed by atoms with E-state index in [1.54, 1.807) is 0 Å². The standard InChI is InChI=1S/C18H23NOS/c1-2-21-18-12-6-11-17(16(18)14-19)20-13-7-10-15-8-4-3-5-9-15/h3-6,8-9,11-12H,2,7,10,13-14,19H2,1H3. The van der Waals surface area contributed by atoms with Gasteiger partial charge in [0.1, 0.15) is 5.75 Å². The van der Waals surface area contributed by atoms with Crippen LogP contribution in [0.4, 0.5) is 0 Å². The maximum Gasteiger partial charge on any atom is 0.124 e. The molecule has 0 saturated carbocycles. The zero-order valence-electron chi connectivity index (χ0n) is 12.5. The van der Waals surface area contributed by atoms with Gasteiger partial charge in [0.05, 0.1) is 6.61 Å². The normalized spacial score (nSPS) is 10.6. The molecule has 0 heterocycles. The summed E-state index contributed by atoms with van der Waals surface area (Å²) in [6, 6.07) is 16.7. The highest BCUT2D eigenvalue weighted by Crippen LogP contribution is 2.29. The summed E-state index contributed by atoms with van der Waals surface area (Å²) >= 11 is 1.82. The third kappa shape index (κ3) is 4.80. The van der Waals surface area contributed by atoms with Crippen molar-refractivity contribution in [3.63, 3.8) is 0 Å². The Morgan fingerprint density at radius 1 is 1.05 bits per heavy atom. The molecule has 0 fully saturated rings. The molecule has 0 saturated heterocycles. The molecule has 0 unspecified atom stereocenters. The molecule has 2 N–H and O–H groups in total. The third-order valence-electron chi connectivity index (χ3n) is 3.30. The van der Waals surface area contributed by atoms with E-state index >= 15 is 0 Å². The van der Waals surface area contributed by atoms with Gasteiger partial charge in [-0.2, -0.15) is 0 Å². The van der Waals surface area contributed by atoms with Crippen LogP contribution in [-0.2, 0) is 13.0 Å². The molecule has 2 nitrogen and oxygen atoms in total. The van der Waals surface area contributed by atoms with Gasteiger partial charge in [-0.3, -0.25) is 0 Å². The molecule has 0 aliphatic rings. The molecular formula is C18H23NOS. The molecule has 0 atom stereocenters. The van der Waals surface area contributed by atoms with E-state index < -0.39 is 0 Å². The van der Waals surface area contributed by atoms with Crippen molar-refractivity contribution in [1.29, 1.82) is 0 Å². The summed E-state index contributed by atoms with van der Waals surface area (Å²) in [6.45, 7) is 3.40. The molecule has 2 aromatic rings. The smallest absolute Gasteiger partial charge is 0.124 e. The number of benzene rings is 2. The second kappa shape index (κ2) is 8.75. The molecule has 2 aromatic carbocycles. The fraction of sp³-hybridized carbons (Fsp3) is 0.333. The minimum absolute atomic E-state index is 0.525. The van der Waals surface area contributed by atoms with Gasteiger partial charge in [-0.05, 0) is 36.3 Å². The van der Waals surface area contributed by atoms with Crippen molar-refractivity contribution in [1.82, 2.24) is 0 Å². The first-order chi connectivity index (χ1) is 10.3. The van der Waals surface area contributed by atoms with E-state index in [0.717, 1.165) is 36.5 Å². The molecule has 0 radical (unpaired) electrons. The molecule has 0 aromatic heterocycles. The Kier molecular flexibility index (Phi) is 6.64. The van der Waals surface area contributed by atoms with Gasteiger partial charge < -0.3 is 10.5 Å². The SMILES string of the molecule is CCSc1cccc(OCCCc2ccccc2)c1CN. The molecule has 112 valence electrons. The summed E-state index contributed by atoms with van der Waals surface area (Å²) < 4.78 is 5.94. The second-order valence-corrected chi connectivity index (χ2v) is 6.11. The topological polar surface area (TPSA) is 35.2 Å². The van der Waals surface area contributed by atoms with Gasteiger partial charge in [0, 0.05) is 17.0 Å². The zero-order chi connectivity index (χ0) is 14.9. The van der Waals surface area contributed by atoms with Gasteiger partial charge in [-0.25, -0.2) is 0 Å². The molecule has 0 amide bonds. The molecule has 0 aliphatic heterocycles. The number of thioether (sulfide) groups is 1. The monoisotopic (exact) mass is 301 g/mol. The summed E-state index contributed by atoms with van der Waals surface area (Å²) in [4.78, 5) is 1.24. The van der Waals surface area contributed by atoms with Crippen LogP contribution in [0.5, 0.6) is 5.75 Å². The maximum atomic E-state index is 5.94. The van der Waals surface area contributed by atoms with Crippen LogP contribution in [0.2, 0.25) is 0 Å². The van der Waals surface area contributed by atoms with E-state index in [4.69, 9.17) is 10.5 Å². The van der Waals surface area contributed by atoms with Crippen LogP contribution < -0.4 is 10.5 Å². The number of nitrogens with two attached hydrogens (primary N) is 1. The Balaban J connectivity index is 1.89. The number of rotatable bonds is 8. The van der Waals surface area contributed by atoms with Crippen LogP contribution in [0.1, 0.15) is 24.5 Å². The van der Waals surface area contributed by atoms with Gasteiger partial charge in [0.2, 0.25) is 0 Å². The summed E-state index contributed by atoms with van der Waals surface area (Å²) in [7, 11) is 0. The number of aryl methyl sites for hydroxylation is 1. The Bertz CT molecular complexity index is 542. The minimum atomic E-state index is 0.525. The highest BCUT2D eigenvalue weighted by Gasteiger charge is 2.08. The highest BCUT2D eigenvalue weighted by molar-refractivity contribution is 7.99. The van der Waals surface area contributed by atoms with Crippen LogP contribution in [0.15, 0.2) is 53.4 Å². The van der Waals surface area contributed by atoms with E-state index in [1.165, 1.54) is 10.5 Å². The Hall–Kier alpha value is -1.45. The summed E-state index contributed by atoms with van der Waals surface area (Å²) in [5.74, 6) is 1.98. The van der Waals surface area contributed by atoms with E-state index in [2.05, 4.69) is 37.3 Å². The lowest BCUT2D eigenvalue weighted by Gasteiger charge is -2.13. The van der Waals surface area contributed by atoms with Crippen molar-refractivity contribution in [2.45, 2.75) is 31.2 Å². The minimum Gasteiger partial charge on any atom is -0.493 e. The average molecular weight is 301 g/mol. The van der Waals surface area contributed by atoms with Crippen LogP contribution in [0.3, 0.4) is 0 Å². The van der Waals surface area contributed by atoms with Crippen LogP contribution >= 0.6 is 11.8 Å². The lowest BCUT2D eigenvalue weighted by Crippen LogP contribution is -2.06. The van der Waals surface area contributed by atoms with Crippen molar-refractivity contribution < 1.29 is 4.74 Å². The summed E-state index contributed by atoms with van der Waals surface area (Å²) in [6.07, 6.45) is 2.06. The summed E-state index contributed by atoms with van der Waals surface area (Å²) in [5, 5.41) is 0. The number of hydrogen-bond acceptors (Lipinski definition) is 3.